The van der Waals surface area contributed by atoms with Crippen LogP contribution in [0.3, 0.4) is 0 Å². The van der Waals surface area contributed by atoms with Crippen LogP contribution in [0.2, 0.25) is 0 Å². The van der Waals surface area contributed by atoms with Gasteiger partial charge in [-0.1, -0.05) is 19.1 Å². The van der Waals surface area contributed by atoms with Gasteiger partial charge < -0.3 is 15.7 Å². The molecule has 23 heavy (non-hydrogen) atoms. The number of anilines is 1. The Balaban J connectivity index is 2.18. The van der Waals surface area contributed by atoms with Crippen LogP contribution in [-0.4, -0.2) is 47.4 Å². The van der Waals surface area contributed by atoms with Gasteiger partial charge in [0, 0.05) is 12.6 Å². The van der Waals surface area contributed by atoms with E-state index in [4.69, 9.17) is 5.11 Å². The van der Waals surface area contributed by atoms with Gasteiger partial charge >= 0.3 is 0 Å². The summed E-state index contributed by atoms with van der Waals surface area (Å²) in [4.78, 5) is 37.0. The zero-order valence-corrected chi connectivity index (χ0v) is 12.8. The Morgan fingerprint density at radius 3 is 2.70 bits per heavy atom. The van der Waals surface area contributed by atoms with Gasteiger partial charge in [0.25, 0.3) is 17.7 Å². The first-order valence-corrected chi connectivity index (χ1v) is 7.41. The highest BCUT2D eigenvalue weighted by Gasteiger charge is 2.31. The van der Waals surface area contributed by atoms with Crippen molar-refractivity contribution >= 4 is 23.4 Å². The van der Waals surface area contributed by atoms with Crippen molar-refractivity contribution in [3.8, 4) is 0 Å². The third-order valence-electron chi connectivity index (χ3n) is 3.31. The molecule has 0 aliphatic carbocycles. The fraction of sp³-hybridized carbons (Fsp3) is 0.312. The summed E-state index contributed by atoms with van der Waals surface area (Å²) in [5.74, 6) is -1.26. The van der Waals surface area contributed by atoms with Crippen molar-refractivity contribution in [3.63, 3.8) is 0 Å². The zero-order chi connectivity index (χ0) is 16.8. The van der Waals surface area contributed by atoms with Gasteiger partial charge in [-0.05, 0) is 18.6 Å². The van der Waals surface area contributed by atoms with Gasteiger partial charge in [0.05, 0.1) is 24.4 Å². The molecule has 0 spiro atoms. The summed E-state index contributed by atoms with van der Waals surface area (Å²) >= 11 is 0. The van der Waals surface area contributed by atoms with E-state index in [1.807, 2.05) is 6.92 Å². The summed E-state index contributed by atoms with van der Waals surface area (Å²) < 4.78 is 0. The SMILES string of the molecule is CCCNC(=O)c1ccccc1NC1=CC(=O)N(CCO)C1=O. The number of hydrogen-bond donors (Lipinski definition) is 3. The van der Waals surface area contributed by atoms with E-state index in [-0.39, 0.29) is 24.8 Å². The van der Waals surface area contributed by atoms with E-state index < -0.39 is 11.8 Å². The molecule has 2 rings (SSSR count). The maximum absolute atomic E-state index is 12.1. The second kappa shape index (κ2) is 7.55. The predicted octanol–water partition coefficient (Wildman–Crippen LogP) is 0.483. The number of amides is 3. The highest BCUT2D eigenvalue weighted by atomic mass is 16.3. The van der Waals surface area contributed by atoms with Crippen LogP contribution in [0.4, 0.5) is 5.69 Å². The van der Waals surface area contributed by atoms with E-state index in [0.29, 0.717) is 17.8 Å². The maximum atomic E-state index is 12.1. The molecular weight excluding hydrogens is 298 g/mol. The Morgan fingerprint density at radius 2 is 2.00 bits per heavy atom. The van der Waals surface area contributed by atoms with Crippen LogP contribution >= 0.6 is 0 Å². The van der Waals surface area contributed by atoms with Crippen molar-refractivity contribution in [1.82, 2.24) is 10.2 Å². The highest BCUT2D eigenvalue weighted by Crippen LogP contribution is 2.20. The summed E-state index contributed by atoms with van der Waals surface area (Å²) in [6.45, 7) is 2.15. The largest absolute Gasteiger partial charge is 0.395 e. The number of aliphatic hydroxyl groups is 1. The summed E-state index contributed by atoms with van der Waals surface area (Å²) in [6, 6.07) is 6.75. The van der Waals surface area contributed by atoms with Gasteiger partial charge in [-0.2, -0.15) is 0 Å². The Morgan fingerprint density at radius 1 is 1.26 bits per heavy atom. The second-order valence-electron chi connectivity index (χ2n) is 5.00. The molecule has 1 aromatic carbocycles. The molecule has 0 radical (unpaired) electrons. The number of nitrogens with one attached hydrogen (secondary N) is 2. The minimum atomic E-state index is -0.521. The van der Waals surface area contributed by atoms with E-state index in [1.54, 1.807) is 24.3 Å². The molecule has 1 aliphatic heterocycles. The molecule has 3 N–H and O–H groups in total. The number of imide groups is 1. The van der Waals surface area contributed by atoms with Crippen LogP contribution in [0.1, 0.15) is 23.7 Å². The molecule has 0 saturated heterocycles. The highest BCUT2D eigenvalue weighted by molar-refractivity contribution is 6.17. The van der Waals surface area contributed by atoms with Crippen molar-refractivity contribution in [2.75, 3.05) is 25.0 Å². The Labute approximate surface area is 134 Å². The van der Waals surface area contributed by atoms with Gasteiger partial charge in [-0.3, -0.25) is 19.3 Å². The lowest BCUT2D eigenvalue weighted by atomic mass is 10.1. The number of carbonyl (C=O) groups excluding carboxylic acids is 3. The maximum Gasteiger partial charge on any atom is 0.277 e. The van der Waals surface area contributed by atoms with Crippen molar-refractivity contribution < 1.29 is 19.5 Å². The lowest BCUT2D eigenvalue weighted by molar-refractivity contribution is -0.137. The predicted molar refractivity (Wildman–Crippen MR) is 84.6 cm³/mol. The summed E-state index contributed by atoms with van der Waals surface area (Å²) in [5.41, 5.74) is 0.918. The fourth-order valence-corrected chi connectivity index (χ4v) is 2.18. The lowest BCUT2D eigenvalue weighted by Crippen LogP contribution is -2.34. The first-order chi connectivity index (χ1) is 11.1. The van der Waals surface area contributed by atoms with Gasteiger partial charge in [0.2, 0.25) is 0 Å². The summed E-state index contributed by atoms with van der Waals surface area (Å²) in [7, 11) is 0. The number of benzene rings is 1. The smallest absolute Gasteiger partial charge is 0.277 e. The molecule has 122 valence electrons. The number of aliphatic hydroxyl groups excluding tert-OH is 1. The molecular formula is C16H19N3O4. The average Bonchev–Trinajstić information content (AvgIpc) is 2.81. The molecule has 0 unspecified atom stereocenters. The van der Waals surface area contributed by atoms with Crippen LogP contribution in [0, 0.1) is 0 Å². The molecule has 1 aliphatic rings. The normalized spacial score (nSPS) is 14.0. The third-order valence-corrected chi connectivity index (χ3v) is 3.31. The van der Waals surface area contributed by atoms with Crippen LogP contribution in [0.5, 0.6) is 0 Å². The van der Waals surface area contributed by atoms with E-state index in [0.717, 1.165) is 11.3 Å². The van der Waals surface area contributed by atoms with Crippen LogP contribution < -0.4 is 10.6 Å². The average molecular weight is 317 g/mol. The van der Waals surface area contributed by atoms with Gasteiger partial charge in [0.1, 0.15) is 5.70 Å². The van der Waals surface area contributed by atoms with Crippen molar-refractivity contribution in [1.29, 1.82) is 0 Å². The molecule has 1 aromatic rings. The number of hydrogen-bond acceptors (Lipinski definition) is 5. The molecule has 0 atom stereocenters. The Hall–Kier alpha value is -2.67. The molecule has 7 heteroatoms. The molecule has 1 heterocycles. The second-order valence-corrected chi connectivity index (χ2v) is 5.00. The van der Waals surface area contributed by atoms with Crippen LogP contribution in [0.25, 0.3) is 0 Å². The van der Waals surface area contributed by atoms with E-state index >= 15 is 0 Å². The first-order valence-electron chi connectivity index (χ1n) is 7.41. The van der Waals surface area contributed by atoms with Crippen LogP contribution in [-0.2, 0) is 9.59 Å². The topological polar surface area (TPSA) is 98.7 Å². The zero-order valence-electron chi connectivity index (χ0n) is 12.8. The molecule has 3 amide bonds. The number of carbonyl (C=O) groups is 3. The minimum Gasteiger partial charge on any atom is -0.395 e. The minimum absolute atomic E-state index is 0.0576. The van der Waals surface area contributed by atoms with E-state index in [2.05, 4.69) is 10.6 Å². The molecule has 7 nitrogen and oxygen atoms in total. The first kappa shape index (κ1) is 16.7. The van der Waals surface area contributed by atoms with Gasteiger partial charge in [0.15, 0.2) is 0 Å². The molecule has 0 aromatic heterocycles. The third kappa shape index (κ3) is 3.75. The number of β-amino-alcohol motifs (C(OH)–C–C–N with tert-alkyl or cyclic N) is 1. The van der Waals surface area contributed by atoms with E-state index in [9.17, 15) is 14.4 Å². The van der Waals surface area contributed by atoms with Crippen molar-refractivity contribution in [2.45, 2.75) is 13.3 Å². The van der Waals surface area contributed by atoms with Gasteiger partial charge in [-0.25, -0.2) is 0 Å². The summed E-state index contributed by atoms with van der Waals surface area (Å²) in [5, 5.41) is 14.5. The number of nitrogens with zero attached hydrogens (tertiary/aromatic N) is 1. The molecule has 0 fully saturated rings. The monoisotopic (exact) mass is 317 g/mol. The van der Waals surface area contributed by atoms with Crippen LogP contribution in [0.15, 0.2) is 36.0 Å². The van der Waals surface area contributed by atoms with Crippen molar-refractivity contribution in [2.24, 2.45) is 0 Å². The van der Waals surface area contributed by atoms with Gasteiger partial charge in [-0.15, -0.1) is 0 Å². The molecule has 0 saturated carbocycles. The quantitative estimate of drug-likeness (QED) is 0.636. The summed E-state index contributed by atoms with van der Waals surface area (Å²) in [6.07, 6.45) is 1.98. The number of para-hydroxylation sites is 1. The Bertz CT molecular complexity index is 654. The fourth-order valence-electron chi connectivity index (χ4n) is 2.18. The number of rotatable bonds is 7. The van der Waals surface area contributed by atoms with E-state index in [1.165, 1.54) is 6.08 Å². The Kier molecular flexibility index (Phi) is 5.48. The van der Waals surface area contributed by atoms with Crippen molar-refractivity contribution in [3.05, 3.63) is 41.6 Å². The lowest BCUT2D eigenvalue weighted by Gasteiger charge is -2.15. The molecule has 0 bridgehead atoms. The standard InChI is InChI=1S/C16H19N3O4/c1-2-7-17-15(22)11-5-3-4-6-12(11)18-13-10-14(21)19(8-9-20)16(13)23/h3-6,10,18,20H,2,7-9H2,1H3,(H,17,22).